The van der Waals surface area contributed by atoms with Gasteiger partial charge in [0.25, 0.3) is 0 Å². The number of nitrogens with zero attached hydrogens (tertiary/aromatic N) is 2. The summed E-state index contributed by atoms with van der Waals surface area (Å²) >= 11 is 1.34. The molecule has 0 spiro atoms. The fourth-order valence-electron chi connectivity index (χ4n) is 2.27. The molecule has 1 amide bonds. The zero-order valence-electron chi connectivity index (χ0n) is 14.2. The van der Waals surface area contributed by atoms with E-state index in [0.29, 0.717) is 17.5 Å². The van der Waals surface area contributed by atoms with Gasteiger partial charge < -0.3 is 5.32 Å². The van der Waals surface area contributed by atoms with Crippen molar-refractivity contribution in [2.75, 3.05) is 0 Å². The molecule has 3 aromatic rings. The minimum atomic E-state index is -0.273. The zero-order chi connectivity index (χ0) is 17.6. The van der Waals surface area contributed by atoms with Crippen LogP contribution in [-0.2, 0) is 11.3 Å². The van der Waals surface area contributed by atoms with Crippen LogP contribution in [0.2, 0.25) is 0 Å². The largest absolute Gasteiger partial charge is 0.351 e. The lowest BCUT2D eigenvalue weighted by Crippen LogP contribution is -2.30. The van der Waals surface area contributed by atoms with Crippen LogP contribution in [0.5, 0.6) is 0 Å². The van der Waals surface area contributed by atoms with Crippen LogP contribution in [0.3, 0.4) is 0 Å². The molecule has 0 radical (unpaired) electrons. The molecule has 3 rings (SSSR count). The Morgan fingerprint density at radius 3 is 2.60 bits per heavy atom. The molecular weight excluding hydrogens is 332 g/mol. The van der Waals surface area contributed by atoms with Crippen LogP contribution < -0.4 is 5.32 Å². The van der Waals surface area contributed by atoms with Gasteiger partial charge in [0.1, 0.15) is 0 Å². The van der Waals surface area contributed by atoms with E-state index < -0.39 is 0 Å². The van der Waals surface area contributed by atoms with E-state index in [1.54, 1.807) is 0 Å². The maximum Gasteiger partial charge on any atom is 0.233 e. The number of nitrogens with one attached hydrogen (secondary N) is 2. The molecule has 1 aromatic heterocycles. The Kier molecular flexibility index (Phi) is 5.50. The average molecular weight is 352 g/mol. The van der Waals surface area contributed by atoms with Gasteiger partial charge >= 0.3 is 0 Å². The lowest BCUT2D eigenvalue weighted by Gasteiger charge is -2.10. The molecule has 2 aromatic carbocycles. The predicted octanol–water partition coefficient (Wildman–Crippen LogP) is 3.58. The van der Waals surface area contributed by atoms with Gasteiger partial charge in [0, 0.05) is 12.1 Å². The van der Waals surface area contributed by atoms with Crippen molar-refractivity contribution < 1.29 is 4.79 Å². The zero-order valence-corrected chi connectivity index (χ0v) is 15.0. The van der Waals surface area contributed by atoms with Crippen molar-refractivity contribution in [2.24, 2.45) is 0 Å². The van der Waals surface area contributed by atoms with Crippen LogP contribution in [0.15, 0.2) is 59.8 Å². The highest BCUT2D eigenvalue weighted by Gasteiger charge is 2.17. The summed E-state index contributed by atoms with van der Waals surface area (Å²) in [4.78, 5) is 16.7. The van der Waals surface area contributed by atoms with E-state index in [4.69, 9.17) is 0 Å². The van der Waals surface area contributed by atoms with E-state index in [1.165, 1.54) is 17.3 Å². The minimum Gasteiger partial charge on any atom is -0.351 e. The summed E-state index contributed by atoms with van der Waals surface area (Å²) in [7, 11) is 0. The molecule has 0 saturated carbocycles. The summed E-state index contributed by atoms with van der Waals surface area (Å²) in [6.45, 7) is 4.42. The number of aromatic nitrogens is 3. The fourth-order valence-corrected chi connectivity index (χ4v) is 3.02. The number of hydrogen-bond donors (Lipinski definition) is 2. The van der Waals surface area contributed by atoms with Crippen molar-refractivity contribution in [3.05, 3.63) is 65.7 Å². The SMILES string of the molecule is Cc1ccc(CNC(=O)[C@H](C)Sc2n[nH]c(-c3ccccc3)n2)cc1. The first-order valence-corrected chi connectivity index (χ1v) is 8.97. The van der Waals surface area contributed by atoms with Crippen molar-refractivity contribution in [3.8, 4) is 11.4 Å². The first-order valence-electron chi connectivity index (χ1n) is 8.09. The van der Waals surface area contributed by atoms with Gasteiger partial charge in [-0.2, -0.15) is 0 Å². The van der Waals surface area contributed by atoms with Crippen LogP contribution in [0.1, 0.15) is 18.1 Å². The summed E-state index contributed by atoms with van der Waals surface area (Å²) in [5.41, 5.74) is 3.26. The molecule has 6 heteroatoms. The van der Waals surface area contributed by atoms with Gasteiger partial charge in [-0.1, -0.05) is 71.9 Å². The molecule has 0 unspecified atom stereocenters. The van der Waals surface area contributed by atoms with E-state index in [9.17, 15) is 4.79 Å². The summed E-state index contributed by atoms with van der Waals surface area (Å²) in [6.07, 6.45) is 0. The first kappa shape index (κ1) is 17.2. The van der Waals surface area contributed by atoms with Crippen LogP contribution in [0, 0.1) is 6.92 Å². The standard InChI is InChI=1S/C19H20N4OS/c1-13-8-10-15(11-9-13)12-20-18(24)14(2)25-19-21-17(22-23-19)16-6-4-3-5-7-16/h3-11,14H,12H2,1-2H3,(H,20,24)(H,21,22,23)/t14-/m0/s1. The number of aromatic amines is 1. The Balaban J connectivity index is 1.54. The molecule has 0 saturated heterocycles. The maximum atomic E-state index is 12.3. The first-order chi connectivity index (χ1) is 12.1. The minimum absolute atomic E-state index is 0.0309. The second-order valence-corrected chi connectivity index (χ2v) is 7.10. The van der Waals surface area contributed by atoms with E-state index >= 15 is 0 Å². The van der Waals surface area contributed by atoms with Gasteiger partial charge in [0.15, 0.2) is 5.82 Å². The van der Waals surface area contributed by atoms with Gasteiger partial charge in [0.2, 0.25) is 11.1 Å². The Hall–Kier alpha value is -2.60. The second-order valence-electron chi connectivity index (χ2n) is 5.80. The molecule has 5 nitrogen and oxygen atoms in total. The van der Waals surface area contributed by atoms with E-state index in [0.717, 1.165) is 11.1 Å². The number of hydrogen-bond acceptors (Lipinski definition) is 4. The molecule has 25 heavy (non-hydrogen) atoms. The Bertz CT molecular complexity index is 830. The molecule has 128 valence electrons. The molecule has 1 atom stereocenters. The molecule has 0 aliphatic rings. The van der Waals surface area contributed by atoms with Crippen molar-refractivity contribution in [3.63, 3.8) is 0 Å². The molecule has 0 aliphatic heterocycles. The van der Waals surface area contributed by atoms with Crippen molar-refractivity contribution in [2.45, 2.75) is 30.8 Å². The van der Waals surface area contributed by atoms with Gasteiger partial charge in [-0.3, -0.25) is 9.89 Å². The van der Waals surface area contributed by atoms with Gasteiger partial charge in [-0.25, -0.2) is 4.98 Å². The lowest BCUT2D eigenvalue weighted by atomic mass is 10.1. The molecule has 0 aliphatic carbocycles. The predicted molar refractivity (Wildman–Crippen MR) is 100 cm³/mol. The Labute approximate surface area is 151 Å². The number of H-pyrrole nitrogens is 1. The van der Waals surface area contributed by atoms with Crippen molar-refractivity contribution in [1.29, 1.82) is 0 Å². The second kappa shape index (κ2) is 7.98. The number of amides is 1. The highest BCUT2D eigenvalue weighted by Crippen LogP contribution is 2.22. The van der Waals surface area contributed by atoms with E-state index in [-0.39, 0.29) is 11.2 Å². The quantitative estimate of drug-likeness (QED) is 0.665. The topological polar surface area (TPSA) is 70.7 Å². The van der Waals surface area contributed by atoms with Gasteiger partial charge in [-0.05, 0) is 19.4 Å². The summed E-state index contributed by atoms with van der Waals surface area (Å²) in [6, 6.07) is 17.9. The normalized spacial score (nSPS) is 11.9. The van der Waals surface area contributed by atoms with Crippen molar-refractivity contribution in [1.82, 2.24) is 20.5 Å². The summed E-state index contributed by atoms with van der Waals surface area (Å²) in [5, 5.41) is 10.4. The number of carbonyl (C=O) groups is 1. The van der Waals surface area contributed by atoms with Crippen LogP contribution in [-0.4, -0.2) is 26.3 Å². The number of rotatable bonds is 6. The molecule has 0 fully saturated rings. The summed E-state index contributed by atoms with van der Waals surface area (Å²) < 4.78 is 0. The smallest absolute Gasteiger partial charge is 0.233 e. The third-order valence-electron chi connectivity index (χ3n) is 3.75. The summed E-state index contributed by atoms with van der Waals surface area (Å²) in [5.74, 6) is 0.673. The highest BCUT2D eigenvalue weighted by molar-refractivity contribution is 8.00. The van der Waals surface area contributed by atoms with Crippen LogP contribution >= 0.6 is 11.8 Å². The van der Waals surface area contributed by atoms with E-state index in [2.05, 4.69) is 20.5 Å². The number of benzene rings is 2. The molecule has 2 N–H and O–H groups in total. The van der Waals surface area contributed by atoms with Crippen LogP contribution in [0.25, 0.3) is 11.4 Å². The fraction of sp³-hybridized carbons (Fsp3) is 0.211. The maximum absolute atomic E-state index is 12.3. The lowest BCUT2D eigenvalue weighted by molar-refractivity contribution is -0.120. The van der Waals surface area contributed by atoms with Gasteiger partial charge in [-0.15, -0.1) is 5.10 Å². The number of carbonyl (C=O) groups excluding carboxylic acids is 1. The third kappa shape index (κ3) is 4.70. The van der Waals surface area contributed by atoms with Crippen molar-refractivity contribution >= 4 is 17.7 Å². The Morgan fingerprint density at radius 2 is 1.88 bits per heavy atom. The number of aryl methyl sites for hydroxylation is 1. The number of thioether (sulfide) groups is 1. The monoisotopic (exact) mass is 352 g/mol. The Morgan fingerprint density at radius 1 is 1.16 bits per heavy atom. The highest BCUT2D eigenvalue weighted by atomic mass is 32.2. The molecule has 1 heterocycles. The third-order valence-corrected chi connectivity index (χ3v) is 4.71. The molecular formula is C19H20N4OS. The molecule has 0 bridgehead atoms. The van der Waals surface area contributed by atoms with Gasteiger partial charge in [0.05, 0.1) is 5.25 Å². The van der Waals surface area contributed by atoms with Crippen LogP contribution in [0.4, 0.5) is 0 Å². The van der Waals surface area contributed by atoms with E-state index in [1.807, 2.05) is 68.4 Å². The average Bonchev–Trinajstić information content (AvgIpc) is 3.10.